The third-order valence-electron chi connectivity index (χ3n) is 1.95. The normalized spacial score (nSPS) is 14.1. The Hall–Kier alpha value is -0.670. The number of nitrogens with one attached hydrogen (secondary N) is 2. The Morgan fingerprint density at radius 3 is 3.17 bits per heavy atom. The molecule has 0 atom stereocenters. The van der Waals surface area contributed by atoms with Crippen molar-refractivity contribution in [2.24, 2.45) is 0 Å². The summed E-state index contributed by atoms with van der Waals surface area (Å²) >= 11 is 1.67. The molecule has 2 rings (SSSR count). The number of benzene rings is 1. The largest absolute Gasteiger partial charge is 0.310 e. The predicted octanol–water partition coefficient (Wildman–Crippen LogP) is 2.58. The van der Waals surface area contributed by atoms with Crippen LogP contribution >= 0.6 is 11.9 Å². The molecule has 1 aliphatic rings. The zero-order valence-electron chi connectivity index (χ0n) is 7.05. The Balaban J connectivity index is 2.36. The van der Waals surface area contributed by atoms with E-state index in [1.165, 1.54) is 29.0 Å². The number of hydrazine groups is 1. The average molecular weight is 180 g/mol. The monoisotopic (exact) mass is 180 g/mol. The lowest BCUT2D eigenvalue weighted by Gasteiger charge is -2.03. The number of anilines is 1. The minimum Gasteiger partial charge on any atom is -0.310 e. The van der Waals surface area contributed by atoms with Gasteiger partial charge >= 0.3 is 0 Å². The molecule has 3 heteroatoms. The van der Waals surface area contributed by atoms with E-state index in [-0.39, 0.29) is 0 Å². The van der Waals surface area contributed by atoms with Gasteiger partial charge in [-0.3, -0.25) is 0 Å². The lowest BCUT2D eigenvalue weighted by molar-refractivity contribution is 0.903. The maximum absolute atomic E-state index is 3.11. The molecule has 2 nitrogen and oxygen atoms in total. The van der Waals surface area contributed by atoms with E-state index in [1.807, 2.05) is 0 Å². The molecule has 0 saturated carbocycles. The van der Waals surface area contributed by atoms with Gasteiger partial charge in [-0.15, -0.1) is 0 Å². The van der Waals surface area contributed by atoms with E-state index in [9.17, 15) is 0 Å². The average Bonchev–Trinajstić information content (AvgIpc) is 2.53. The van der Waals surface area contributed by atoms with Gasteiger partial charge in [-0.25, -0.2) is 0 Å². The number of rotatable bonds is 2. The molecule has 0 radical (unpaired) electrons. The van der Waals surface area contributed by atoms with Gasteiger partial charge in [0.25, 0.3) is 0 Å². The fourth-order valence-electron chi connectivity index (χ4n) is 1.40. The van der Waals surface area contributed by atoms with Crippen molar-refractivity contribution < 1.29 is 0 Å². The molecule has 64 valence electrons. The summed E-state index contributed by atoms with van der Waals surface area (Å²) in [5, 5.41) is 0. The van der Waals surface area contributed by atoms with Crippen molar-refractivity contribution >= 4 is 17.6 Å². The Morgan fingerprint density at radius 1 is 1.42 bits per heavy atom. The molecule has 0 aliphatic carbocycles. The maximum atomic E-state index is 3.11. The van der Waals surface area contributed by atoms with Gasteiger partial charge in [0.15, 0.2) is 0 Å². The third-order valence-corrected chi connectivity index (χ3v) is 2.85. The van der Waals surface area contributed by atoms with Crippen LogP contribution in [0.3, 0.4) is 0 Å². The number of fused-ring (bicyclic) bond motifs is 1. The van der Waals surface area contributed by atoms with Crippen molar-refractivity contribution in [3.8, 4) is 0 Å². The zero-order chi connectivity index (χ0) is 8.39. The lowest BCUT2D eigenvalue weighted by atomic mass is 10.1. The van der Waals surface area contributed by atoms with E-state index in [0.29, 0.717) is 0 Å². The van der Waals surface area contributed by atoms with Crippen molar-refractivity contribution in [3.63, 3.8) is 0 Å². The summed E-state index contributed by atoms with van der Waals surface area (Å²) in [7, 11) is 0. The van der Waals surface area contributed by atoms with Gasteiger partial charge in [0.2, 0.25) is 0 Å². The molecule has 1 heterocycles. The van der Waals surface area contributed by atoms with Crippen LogP contribution in [0.15, 0.2) is 23.1 Å². The zero-order valence-corrected chi connectivity index (χ0v) is 7.87. The Bertz CT molecular complexity index is 286. The highest BCUT2D eigenvalue weighted by Gasteiger charge is 2.13. The molecule has 0 bridgehead atoms. The van der Waals surface area contributed by atoms with Gasteiger partial charge in [0.1, 0.15) is 0 Å². The second kappa shape index (κ2) is 3.37. The maximum Gasteiger partial charge on any atom is 0.0649 e. The molecular formula is C9H12N2S. The summed E-state index contributed by atoms with van der Waals surface area (Å²) in [5.74, 6) is 0. The molecule has 1 aliphatic heterocycles. The van der Waals surface area contributed by atoms with Crippen molar-refractivity contribution in [3.05, 3.63) is 23.8 Å². The summed E-state index contributed by atoms with van der Waals surface area (Å²) in [6, 6.07) is 6.40. The highest BCUT2D eigenvalue weighted by Crippen LogP contribution is 2.33. The van der Waals surface area contributed by atoms with Crippen LogP contribution in [-0.2, 0) is 6.42 Å². The highest BCUT2D eigenvalue weighted by atomic mass is 32.2. The number of hydrogen-bond donors (Lipinski definition) is 2. The van der Waals surface area contributed by atoms with E-state index in [1.54, 1.807) is 11.9 Å². The second-order valence-electron chi connectivity index (χ2n) is 2.87. The summed E-state index contributed by atoms with van der Waals surface area (Å²) in [6.07, 6.45) is 2.37. The summed E-state index contributed by atoms with van der Waals surface area (Å²) < 4.78 is 0. The molecule has 0 amide bonds. The Labute approximate surface area is 76.8 Å². The first-order valence-corrected chi connectivity index (χ1v) is 5.03. The predicted molar refractivity (Wildman–Crippen MR) is 53.1 cm³/mol. The van der Waals surface area contributed by atoms with Crippen LogP contribution in [0.1, 0.15) is 18.9 Å². The Morgan fingerprint density at radius 2 is 2.33 bits per heavy atom. The van der Waals surface area contributed by atoms with E-state index in [4.69, 9.17) is 0 Å². The minimum atomic E-state index is 1.17. The van der Waals surface area contributed by atoms with E-state index < -0.39 is 0 Å². The van der Waals surface area contributed by atoms with E-state index in [0.717, 1.165) is 0 Å². The standard InChI is InChI=1S/C9H12N2S/c1-2-4-7-5-3-6-8-9(7)12-11-10-8/h3,5-6,10-11H,2,4H2,1H3. The summed E-state index contributed by atoms with van der Waals surface area (Å²) in [6.45, 7) is 2.21. The van der Waals surface area contributed by atoms with Crippen molar-refractivity contribution in [2.75, 3.05) is 5.43 Å². The SMILES string of the molecule is CCCc1cccc2c1SNN2. The van der Waals surface area contributed by atoms with Crippen molar-refractivity contribution in [1.82, 2.24) is 4.83 Å². The van der Waals surface area contributed by atoms with Gasteiger partial charge < -0.3 is 5.43 Å². The van der Waals surface area contributed by atoms with Gasteiger partial charge in [-0.05, 0) is 30.0 Å². The van der Waals surface area contributed by atoms with Crippen LogP contribution in [0.4, 0.5) is 5.69 Å². The third kappa shape index (κ3) is 1.30. The second-order valence-corrected chi connectivity index (χ2v) is 3.69. The molecule has 2 N–H and O–H groups in total. The molecule has 1 aromatic carbocycles. The van der Waals surface area contributed by atoms with Gasteiger partial charge in [-0.1, -0.05) is 25.5 Å². The van der Waals surface area contributed by atoms with Crippen LogP contribution in [0.5, 0.6) is 0 Å². The minimum absolute atomic E-state index is 1.17. The number of aryl methyl sites for hydroxylation is 1. The van der Waals surface area contributed by atoms with E-state index in [2.05, 4.69) is 35.4 Å². The summed E-state index contributed by atoms with van der Waals surface area (Å²) in [5.41, 5.74) is 5.77. The first kappa shape index (κ1) is 7.95. The number of hydrogen-bond acceptors (Lipinski definition) is 3. The molecule has 0 aromatic heterocycles. The first-order valence-electron chi connectivity index (χ1n) is 4.21. The molecule has 12 heavy (non-hydrogen) atoms. The molecule has 1 aromatic rings. The van der Waals surface area contributed by atoms with Crippen LogP contribution in [0.2, 0.25) is 0 Å². The quantitative estimate of drug-likeness (QED) is 0.684. The topological polar surface area (TPSA) is 24.1 Å². The molecule has 0 spiro atoms. The van der Waals surface area contributed by atoms with Crippen molar-refractivity contribution in [2.45, 2.75) is 24.7 Å². The van der Waals surface area contributed by atoms with Crippen molar-refractivity contribution in [1.29, 1.82) is 0 Å². The lowest BCUT2D eigenvalue weighted by Crippen LogP contribution is -2.04. The fourth-order valence-corrected chi connectivity index (χ4v) is 2.19. The van der Waals surface area contributed by atoms with E-state index >= 15 is 0 Å². The first-order chi connectivity index (χ1) is 5.92. The van der Waals surface area contributed by atoms with Crippen LogP contribution in [0, 0.1) is 0 Å². The summed E-state index contributed by atoms with van der Waals surface area (Å²) in [4.78, 5) is 4.41. The molecule has 0 fully saturated rings. The highest BCUT2D eigenvalue weighted by molar-refractivity contribution is 7.98. The van der Waals surface area contributed by atoms with Crippen LogP contribution in [0.25, 0.3) is 0 Å². The van der Waals surface area contributed by atoms with Gasteiger partial charge in [0.05, 0.1) is 10.6 Å². The molecular weight excluding hydrogens is 168 g/mol. The van der Waals surface area contributed by atoms with Crippen LogP contribution in [-0.4, -0.2) is 0 Å². The van der Waals surface area contributed by atoms with Gasteiger partial charge in [-0.2, -0.15) is 4.83 Å². The smallest absolute Gasteiger partial charge is 0.0649 e. The molecule has 0 unspecified atom stereocenters. The van der Waals surface area contributed by atoms with Crippen LogP contribution < -0.4 is 10.3 Å². The van der Waals surface area contributed by atoms with Gasteiger partial charge in [0, 0.05) is 0 Å². The fraction of sp³-hybridized carbons (Fsp3) is 0.333. The Kier molecular flexibility index (Phi) is 2.23. The molecule has 0 saturated heterocycles.